The fourth-order valence-corrected chi connectivity index (χ4v) is 2.77. The normalized spacial score (nSPS) is 24.6. The van der Waals surface area contributed by atoms with E-state index in [1.54, 1.807) is 0 Å². The van der Waals surface area contributed by atoms with Crippen LogP contribution in [0.1, 0.15) is 24.5 Å². The lowest BCUT2D eigenvalue weighted by Crippen LogP contribution is -2.43. The van der Waals surface area contributed by atoms with Gasteiger partial charge in [-0.05, 0) is 37.1 Å². The summed E-state index contributed by atoms with van der Waals surface area (Å²) < 4.78 is 5.57. The summed E-state index contributed by atoms with van der Waals surface area (Å²) in [6, 6.07) is 8.91. The summed E-state index contributed by atoms with van der Waals surface area (Å²) in [5, 5.41) is 3.18. The zero-order valence-electron chi connectivity index (χ0n) is 12.4. The highest BCUT2D eigenvalue weighted by molar-refractivity contribution is 5.22. The number of likely N-dealkylation sites (tertiary alicyclic amines) is 1. The third kappa shape index (κ3) is 4.03. The van der Waals surface area contributed by atoms with Crippen molar-refractivity contribution < 1.29 is 4.74 Å². The highest BCUT2D eigenvalue weighted by atomic mass is 16.5. The molecule has 1 saturated heterocycles. The first kappa shape index (κ1) is 14.5. The predicted octanol–water partition coefficient (Wildman–Crippen LogP) is 2.26. The Bertz CT molecular complexity index is 377. The summed E-state index contributed by atoms with van der Waals surface area (Å²) in [6.07, 6.45) is 1.62. The summed E-state index contributed by atoms with van der Waals surface area (Å²) in [7, 11) is 3.81. The number of piperidine rings is 1. The van der Waals surface area contributed by atoms with Crippen LogP contribution >= 0.6 is 0 Å². The Kier molecular flexibility index (Phi) is 5.37. The summed E-state index contributed by atoms with van der Waals surface area (Å²) in [6.45, 7) is 6.49. The molecular weight excluding hydrogens is 236 g/mol. The van der Waals surface area contributed by atoms with Gasteiger partial charge in [0, 0.05) is 26.7 Å². The fraction of sp³-hybridized carbons (Fsp3) is 0.625. The van der Waals surface area contributed by atoms with Gasteiger partial charge in [0.1, 0.15) is 0 Å². The molecule has 0 bridgehead atoms. The van der Waals surface area contributed by atoms with Gasteiger partial charge in [-0.2, -0.15) is 0 Å². The van der Waals surface area contributed by atoms with Crippen LogP contribution in [0.5, 0.6) is 0 Å². The Hall–Kier alpha value is -0.900. The minimum absolute atomic E-state index is 0.386. The number of ether oxygens (including phenoxy) is 1. The van der Waals surface area contributed by atoms with E-state index in [1.165, 1.54) is 24.1 Å². The molecule has 19 heavy (non-hydrogen) atoms. The maximum absolute atomic E-state index is 5.57. The Morgan fingerprint density at radius 1 is 1.26 bits per heavy atom. The van der Waals surface area contributed by atoms with E-state index in [0.717, 1.165) is 19.6 Å². The molecule has 0 spiro atoms. The molecule has 1 aliphatic rings. The summed E-state index contributed by atoms with van der Waals surface area (Å²) in [5.41, 5.74) is 2.73. The molecule has 0 saturated carbocycles. The van der Waals surface area contributed by atoms with Crippen LogP contribution in [-0.4, -0.2) is 38.3 Å². The topological polar surface area (TPSA) is 24.5 Å². The van der Waals surface area contributed by atoms with Crippen molar-refractivity contribution in [2.45, 2.75) is 32.5 Å². The van der Waals surface area contributed by atoms with Crippen molar-refractivity contribution >= 4 is 0 Å². The van der Waals surface area contributed by atoms with Gasteiger partial charge in [-0.1, -0.05) is 31.2 Å². The van der Waals surface area contributed by atoms with Crippen molar-refractivity contribution in [3.8, 4) is 0 Å². The van der Waals surface area contributed by atoms with E-state index in [-0.39, 0.29) is 0 Å². The zero-order chi connectivity index (χ0) is 13.7. The van der Waals surface area contributed by atoms with Crippen molar-refractivity contribution in [2.75, 3.05) is 27.2 Å². The SMILES string of the molecule is CNCc1ccc(CN2CCC(C)C(OC)C2)cc1. The number of nitrogens with one attached hydrogen (secondary N) is 1. The average Bonchev–Trinajstić information content (AvgIpc) is 2.43. The minimum Gasteiger partial charge on any atom is -0.380 e. The lowest BCUT2D eigenvalue weighted by molar-refractivity contribution is -0.00744. The van der Waals surface area contributed by atoms with Crippen molar-refractivity contribution in [2.24, 2.45) is 5.92 Å². The third-order valence-corrected chi connectivity index (χ3v) is 4.09. The molecular formula is C16H26N2O. The Morgan fingerprint density at radius 3 is 2.58 bits per heavy atom. The van der Waals surface area contributed by atoms with E-state index >= 15 is 0 Å². The molecule has 1 heterocycles. The van der Waals surface area contributed by atoms with E-state index < -0.39 is 0 Å². The molecule has 0 aromatic heterocycles. The molecule has 106 valence electrons. The molecule has 1 aliphatic heterocycles. The van der Waals surface area contributed by atoms with Gasteiger partial charge in [-0.25, -0.2) is 0 Å². The second-order valence-electron chi connectivity index (χ2n) is 5.62. The van der Waals surface area contributed by atoms with E-state index in [2.05, 4.69) is 41.4 Å². The molecule has 1 aromatic rings. The molecule has 1 aromatic carbocycles. The van der Waals surface area contributed by atoms with Gasteiger partial charge < -0.3 is 10.1 Å². The zero-order valence-corrected chi connectivity index (χ0v) is 12.4. The monoisotopic (exact) mass is 262 g/mol. The average molecular weight is 262 g/mol. The fourth-order valence-electron chi connectivity index (χ4n) is 2.77. The molecule has 1 N–H and O–H groups in total. The molecule has 0 radical (unpaired) electrons. The maximum Gasteiger partial charge on any atom is 0.0724 e. The summed E-state index contributed by atoms with van der Waals surface area (Å²) in [5.74, 6) is 0.680. The second kappa shape index (κ2) is 7.04. The van der Waals surface area contributed by atoms with Gasteiger partial charge in [-0.3, -0.25) is 4.90 Å². The standard InChI is InChI=1S/C16H26N2O/c1-13-8-9-18(12-16(13)19-3)11-15-6-4-14(5-7-15)10-17-2/h4-7,13,16-17H,8-12H2,1-3H3. The van der Waals surface area contributed by atoms with Crippen LogP contribution in [0.15, 0.2) is 24.3 Å². The lowest BCUT2D eigenvalue weighted by atomic mass is 9.95. The molecule has 0 aliphatic carbocycles. The van der Waals surface area contributed by atoms with Crippen molar-refractivity contribution in [3.05, 3.63) is 35.4 Å². The van der Waals surface area contributed by atoms with Gasteiger partial charge in [0.2, 0.25) is 0 Å². The van der Waals surface area contributed by atoms with E-state index in [9.17, 15) is 0 Å². The Balaban J connectivity index is 1.90. The van der Waals surface area contributed by atoms with E-state index in [1.807, 2.05) is 14.2 Å². The molecule has 3 heteroatoms. The summed E-state index contributed by atoms with van der Waals surface area (Å²) >= 11 is 0. The first-order chi connectivity index (χ1) is 9.22. The minimum atomic E-state index is 0.386. The molecule has 1 fully saturated rings. The smallest absolute Gasteiger partial charge is 0.0724 e. The van der Waals surface area contributed by atoms with E-state index in [4.69, 9.17) is 4.74 Å². The van der Waals surface area contributed by atoms with Crippen molar-refractivity contribution in [3.63, 3.8) is 0 Å². The number of hydrogen-bond donors (Lipinski definition) is 1. The molecule has 2 atom stereocenters. The van der Waals surface area contributed by atoms with Crippen molar-refractivity contribution in [1.29, 1.82) is 0 Å². The van der Waals surface area contributed by atoms with Crippen LogP contribution in [0.3, 0.4) is 0 Å². The number of methoxy groups -OCH3 is 1. The summed E-state index contributed by atoms with van der Waals surface area (Å²) in [4.78, 5) is 2.50. The predicted molar refractivity (Wildman–Crippen MR) is 79.1 cm³/mol. The number of hydrogen-bond acceptors (Lipinski definition) is 3. The first-order valence-electron chi connectivity index (χ1n) is 7.20. The number of benzene rings is 1. The van der Waals surface area contributed by atoms with Crippen LogP contribution in [-0.2, 0) is 17.8 Å². The molecule has 2 rings (SSSR count). The first-order valence-corrected chi connectivity index (χ1v) is 7.20. The third-order valence-electron chi connectivity index (χ3n) is 4.09. The highest BCUT2D eigenvalue weighted by Gasteiger charge is 2.25. The number of rotatable bonds is 5. The lowest BCUT2D eigenvalue weighted by Gasteiger charge is -2.36. The van der Waals surface area contributed by atoms with Gasteiger partial charge in [0.15, 0.2) is 0 Å². The van der Waals surface area contributed by atoms with Crippen LogP contribution in [0.4, 0.5) is 0 Å². The van der Waals surface area contributed by atoms with Gasteiger partial charge >= 0.3 is 0 Å². The molecule has 0 amide bonds. The Labute approximate surface area is 116 Å². The van der Waals surface area contributed by atoms with Crippen LogP contribution in [0.25, 0.3) is 0 Å². The van der Waals surface area contributed by atoms with Gasteiger partial charge in [-0.15, -0.1) is 0 Å². The van der Waals surface area contributed by atoms with Crippen LogP contribution in [0.2, 0.25) is 0 Å². The molecule has 2 unspecified atom stereocenters. The molecule has 3 nitrogen and oxygen atoms in total. The Morgan fingerprint density at radius 2 is 1.95 bits per heavy atom. The maximum atomic E-state index is 5.57. The number of nitrogens with zero attached hydrogens (tertiary/aromatic N) is 1. The van der Waals surface area contributed by atoms with Gasteiger partial charge in [0.05, 0.1) is 6.10 Å². The largest absolute Gasteiger partial charge is 0.380 e. The highest BCUT2D eigenvalue weighted by Crippen LogP contribution is 2.21. The quantitative estimate of drug-likeness (QED) is 0.881. The second-order valence-corrected chi connectivity index (χ2v) is 5.62. The van der Waals surface area contributed by atoms with Crippen LogP contribution < -0.4 is 5.32 Å². The van der Waals surface area contributed by atoms with Crippen molar-refractivity contribution in [1.82, 2.24) is 10.2 Å². The van der Waals surface area contributed by atoms with Crippen LogP contribution in [0, 0.1) is 5.92 Å². The van der Waals surface area contributed by atoms with Gasteiger partial charge in [0.25, 0.3) is 0 Å². The van der Waals surface area contributed by atoms with E-state index in [0.29, 0.717) is 12.0 Å².